The van der Waals surface area contributed by atoms with E-state index in [1.807, 2.05) is 13.1 Å². The first-order valence-corrected chi connectivity index (χ1v) is 7.95. The molecule has 17 heavy (non-hydrogen) atoms. The summed E-state index contributed by atoms with van der Waals surface area (Å²) in [5.41, 5.74) is 0.929. The van der Waals surface area contributed by atoms with E-state index in [2.05, 4.69) is 15.4 Å². The molecule has 1 unspecified atom stereocenters. The third-order valence-corrected chi connectivity index (χ3v) is 5.35. The summed E-state index contributed by atoms with van der Waals surface area (Å²) in [6.45, 7) is 1.91. The minimum atomic E-state index is -2.85. The van der Waals surface area contributed by atoms with Crippen molar-refractivity contribution < 1.29 is 8.42 Å². The highest BCUT2D eigenvalue weighted by atomic mass is 32.2. The number of sulfone groups is 1. The Balaban J connectivity index is 1.79. The summed E-state index contributed by atoms with van der Waals surface area (Å²) in [5, 5.41) is 8.20. The molecule has 0 saturated carbocycles. The highest BCUT2D eigenvalue weighted by Crippen LogP contribution is 2.22. The van der Waals surface area contributed by atoms with Crippen LogP contribution in [0.1, 0.15) is 12.1 Å². The van der Waals surface area contributed by atoms with Crippen LogP contribution >= 0.6 is 11.3 Å². The third kappa shape index (κ3) is 2.14. The fraction of sp³-hybridized carbons (Fsp3) is 0.556. The Morgan fingerprint density at radius 3 is 3.06 bits per heavy atom. The molecule has 1 atom stereocenters. The summed E-state index contributed by atoms with van der Waals surface area (Å²) in [6, 6.07) is -0.0167. The van der Waals surface area contributed by atoms with Gasteiger partial charge in [0, 0.05) is 6.04 Å². The SMILES string of the molecule is Cc1cn2nc(NC3CCS(=O)(=O)C3)sc2n1. The van der Waals surface area contributed by atoms with E-state index in [9.17, 15) is 8.42 Å². The van der Waals surface area contributed by atoms with Gasteiger partial charge in [-0.05, 0) is 13.3 Å². The number of anilines is 1. The Hall–Kier alpha value is -1.15. The van der Waals surface area contributed by atoms with E-state index in [1.165, 1.54) is 11.3 Å². The number of hydrogen-bond acceptors (Lipinski definition) is 6. The zero-order chi connectivity index (χ0) is 12.0. The number of imidazole rings is 1. The lowest BCUT2D eigenvalue weighted by atomic mass is 10.3. The van der Waals surface area contributed by atoms with Crippen molar-refractivity contribution in [2.75, 3.05) is 16.8 Å². The second-order valence-electron chi connectivity index (χ2n) is 4.26. The Kier molecular flexibility index (Phi) is 2.37. The maximum Gasteiger partial charge on any atom is 0.214 e. The average molecular weight is 272 g/mol. The Morgan fingerprint density at radius 1 is 1.59 bits per heavy atom. The van der Waals surface area contributed by atoms with Crippen LogP contribution in [-0.4, -0.2) is 40.6 Å². The molecular weight excluding hydrogens is 260 g/mol. The zero-order valence-electron chi connectivity index (χ0n) is 9.25. The maximum absolute atomic E-state index is 11.3. The number of hydrogen-bond donors (Lipinski definition) is 1. The van der Waals surface area contributed by atoms with E-state index in [0.717, 1.165) is 15.8 Å². The number of aromatic nitrogens is 3. The van der Waals surface area contributed by atoms with E-state index < -0.39 is 9.84 Å². The second kappa shape index (κ2) is 3.67. The first-order chi connectivity index (χ1) is 8.02. The van der Waals surface area contributed by atoms with Crippen molar-refractivity contribution in [2.45, 2.75) is 19.4 Å². The van der Waals surface area contributed by atoms with E-state index >= 15 is 0 Å². The molecule has 92 valence electrons. The third-order valence-electron chi connectivity index (χ3n) is 2.72. The normalized spacial score (nSPS) is 23.2. The fourth-order valence-corrected chi connectivity index (χ4v) is 4.53. The smallest absolute Gasteiger partial charge is 0.214 e. The van der Waals surface area contributed by atoms with Crippen LogP contribution in [0.5, 0.6) is 0 Å². The van der Waals surface area contributed by atoms with Crippen LogP contribution in [0.3, 0.4) is 0 Å². The van der Waals surface area contributed by atoms with Gasteiger partial charge in [0.05, 0.1) is 23.4 Å². The van der Waals surface area contributed by atoms with Crippen molar-refractivity contribution in [3.8, 4) is 0 Å². The summed E-state index contributed by atoms with van der Waals surface area (Å²) >= 11 is 1.44. The Bertz CT molecular complexity index is 626. The van der Waals surface area contributed by atoms with Crippen LogP contribution in [0.4, 0.5) is 5.13 Å². The maximum atomic E-state index is 11.3. The molecule has 3 heterocycles. The van der Waals surface area contributed by atoms with Crippen LogP contribution in [0, 0.1) is 6.92 Å². The monoisotopic (exact) mass is 272 g/mol. The molecule has 2 aromatic heterocycles. The van der Waals surface area contributed by atoms with Crippen molar-refractivity contribution in [3.63, 3.8) is 0 Å². The minimum Gasteiger partial charge on any atom is -0.356 e. The number of aryl methyl sites for hydroxylation is 1. The lowest BCUT2D eigenvalue weighted by Crippen LogP contribution is -2.20. The number of nitrogens with zero attached hydrogens (tertiary/aromatic N) is 3. The number of fused-ring (bicyclic) bond motifs is 1. The van der Waals surface area contributed by atoms with Gasteiger partial charge in [-0.15, -0.1) is 5.10 Å². The predicted molar refractivity (Wildman–Crippen MR) is 66.3 cm³/mol. The molecule has 3 rings (SSSR count). The van der Waals surface area contributed by atoms with Crippen molar-refractivity contribution in [3.05, 3.63) is 11.9 Å². The second-order valence-corrected chi connectivity index (χ2v) is 7.45. The number of rotatable bonds is 2. The number of nitrogens with one attached hydrogen (secondary N) is 1. The molecule has 0 amide bonds. The molecule has 0 bridgehead atoms. The molecule has 0 radical (unpaired) electrons. The van der Waals surface area contributed by atoms with Gasteiger partial charge in [-0.1, -0.05) is 11.3 Å². The van der Waals surface area contributed by atoms with Crippen molar-refractivity contribution >= 4 is 31.3 Å². The van der Waals surface area contributed by atoms with Gasteiger partial charge >= 0.3 is 0 Å². The van der Waals surface area contributed by atoms with Crippen LogP contribution < -0.4 is 5.32 Å². The molecule has 0 aliphatic carbocycles. The van der Waals surface area contributed by atoms with Gasteiger partial charge in [-0.25, -0.2) is 17.9 Å². The topological polar surface area (TPSA) is 76.4 Å². The van der Waals surface area contributed by atoms with Crippen molar-refractivity contribution in [2.24, 2.45) is 0 Å². The summed E-state index contributed by atoms with van der Waals surface area (Å²) in [5.74, 6) is 0.472. The molecule has 1 aliphatic heterocycles. The first kappa shape index (κ1) is 11.0. The molecule has 1 N–H and O–H groups in total. The van der Waals surface area contributed by atoms with Gasteiger partial charge in [-0.2, -0.15) is 0 Å². The zero-order valence-corrected chi connectivity index (χ0v) is 10.9. The van der Waals surface area contributed by atoms with Crippen LogP contribution in [0.25, 0.3) is 4.96 Å². The summed E-state index contributed by atoms with van der Waals surface area (Å²) in [4.78, 5) is 5.12. The fourth-order valence-electron chi connectivity index (χ4n) is 1.95. The minimum absolute atomic E-state index is 0.0167. The molecular formula is C9H12N4O2S2. The Labute approximate surface area is 103 Å². The van der Waals surface area contributed by atoms with E-state index in [1.54, 1.807) is 4.52 Å². The lowest BCUT2D eigenvalue weighted by molar-refractivity contribution is 0.602. The molecule has 1 saturated heterocycles. The van der Waals surface area contributed by atoms with Gasteiger partial charge in [-0.3, -0.25) is 0 Å². The highest BCUT2D eigenvalue weighted by molar-refractivity contribution is 7.91. The van der Waals surface area contributed by atoms with E-state index in [0.29, 0.717) is 6.42 Å². The molecule has 0 spiro atoms. The van der Waals surface area contributed by atoms with Gasteiger partial charge in [0.2, 0.25) is 10.1 Å². The molecule has 1 aliphatic rings. The summed E-state index contributed by atoms with van der Waals surface area (Å²) < 4.78 is 24.4. The van der Waals surface area contributed by atoms with Crippen molar-refractivity contribution in [1.29, 1.82) is 0 Å². The first-order valence-electron chi connectivity index (χ1n) is 5.32. The molecule has 0 aromatic carbocycles. The molecule has 6 nitrogen and oxygen atoms in total. The predicted octanol–water partition coefficient (Wildman–Crippen LogP) is 0.698. The summed E-state index contributed by atoms with van der Waals surface area (Å²) in [6.07, 6.45) is 2.51. The average Bonchev–Trinajstić information content (AvgIpc) is 2.79. The van der Waals surface area contributed by atoms with Crippen molar-refractivity contribution in [1.82, 2.24) is 14.6 Å². The highest BCUT2D eigenvalue weighted by Gasteiger charge is 2.28. The lowest BCUT2D eigenvalue weighted by Gasteiger charge is -2.07. The Morgan fingerprint density at radius 2 is 2.41 bits per heavy atom. The molecule has 1 fully saturated rings. The van der Waals surface area contributed by atoms with Gasteiger partial charge in [0.15, 0.2) is 9.84 Å². The summed E-state index contributed by atoms with van der Waals surface area (Å²) in [7, 11) is -2.85. The van der Waals surface area contributed by atoms with Gasteiger partial charge in [0.25, 0.3) is 0 Å². The van der Waals surface area contributed by atoms with Gasteiger partial charge < -0.3 is 5.32 Å². The van der Waals surface area contributed by atoms with E-state index in [4.69, 9.17) is 0 Å². The largest absolute Gasteiger partial charge is 0.356 e. The molecule has 8 heteroatoms. The van der Waals surface area contributed by atoms with Crippen LogP contribution in [0.15, 0.2) is 6.20 Å². The quantitative estimate of drug-likeness (QED) is 0.871. The standard InChI is InChI=1S/C9H12N4O2S2/c1-6-4-13-9(10-6)16-8(12-13)11-7-2-3-17(14,15)5-7/h4,7H,2-3,5H2,1H3,(H,11,12). The van der Waals surface area contributed by atoms with Crippen LogP contribution in [-0.2, 0) is 9.84 Å². The van der Waals surface area contributed by atoms with E-state index in [-0.39, 0.29) is 17.5 Å². The van der Waals surface area contributed by atoms with Gasteiger partial charge in [0.1, 0.15) is 0 Å². The van der Waals surface area contributed by atoms with Crippen LogP contribution in [0.2, 0.25) is 0 Å². The molecule has 2 aromatic rings.